The molecule has 0 aliphatic carbocycles. The van der Waals surface area contributed by atoms with Crippen LogP contribution in [0.5, 0.6) is 5.75 Å². The lowest BCUT2D eigenvalue weighted by atomic mass is 9.80. The number of nitrogens with zero attached hydrogens (tertiary/aromatic N) is 4. The molecule has 37 heavy (non-hydrogen) atoms. The van der Waals surface area contributed by atoms with Crippen molar-refractivity contribution in [2.75, 3.05) is 18.5 Å². The highest BCUT2D eigenvalue weighted by atomic mass is 16.5. The predicted molar refractivity (Wildman–Crippen MR) is 141 cm³/mol. The Morgan fingerprint density at radius 1 is 1.05 bits per heavy atom. The van der Waals surface area contributed by atoms with Crippen LogP contribution in [0.1, 0.15) is 15.9 Å². The summed E-state index contributed by atoms with van der Waals surface area (Å²) in [5, 5.41) is 28.1. The van der Waals surface area contributed by atoms with Crippen molar-refractivity contribution in [2.24, 2.45) is 11.5 Å². The summed E-state index contributed by atoms with van der Waals surface area (Å²) in [5.74, 6) is 0.756. The number of benzene rings is 3. The normalized spacial score (nSPS) is 11.1. The van der Waals surface area contributed by atoms with E-state index in [1.807, 2.05) is 18.2 Å². The van der Waals surface area contributed by atoms with Crippen LogP contribution in [-0.2, 0) is 6.54 Å². The highest BCUT2D eigenvalue weighted by molar-refractivity contribution is 6.58. The molecular formula is C25H24BN7O4. The molecule has 5 rings (SSSR count). The summed E-state index contributed by atoms with van der Waals surface area (Å²) >= 11 is 0. The number of ether oxygens (including phenoxy) is 1. The lowest BCUT2D eigenvalue weighted by molar-refractivity contribution is 0.100. The van der Waals surface area contributed by atoms with E-state index in [1.165, 1.54) is 4.68 Å². The van der Waals surface area contributed by atoms with Gasteiger partial charge in [-0.1, -0.05) is 36.4 Å². The zero-order chi connectivity index (χ0) is 25.9. The lowest BCUT2D eigenvalue weighted by Crippen LogP contribution is -2.30. The van der Waals surface area contributed by atoms with Gasteiger partial charge in [-0.2, -0.15) is 14.8 Å². The maximum absolute atomic E-state index is 11.9. The Morgan fingerprint density at radius 3 is 2.65 bits per heavy atom. The number of carbonyl (C=O) groups is 1. The molecule has 0 spiro atoms. The van der Waals surface area contributed by atoms with Crippen LogP contribution < -0.4 is 27.0 Å². The monoisotopic (exact) mass is 497 g/mol. The van der Waals surface area contributed by atoms with Crippen LogP contribution >= 0.6 is 0 Å². The average Bonchev–Trinajstić information content (AvgIpc) is 3.34. The van der Waals surface area contributed by atoms with Crippen LogP contribution in [0.3, 0.4) is 0 Å². The van der Waals surface area contributed by atoms with Crippen molar-refractivity contribution in [1.29, 1.82) is 0 Å². The number of primary amides is 1. The van der Waals surface area contributed by atoms with Gasteiger partial charge in [0, 0.05) is 23.9 Å². The number of carbonyl (C=O) groups excluding carboxylic acids is 1. The van der Waals surface area contributed by atoms with Crippen molar-refractivity contribution in [2.45, 2.75) is 6.54 Å². The topological polar surface area (TPSA) is 174 Å². The summed E-state index contributed by atoms with van der Waals surface area (Å²) in [4.78, 5) is 21.4. The minimum atomic E-state index is -1.56. The molecule has 0 fully saturated rings. The second-order valence-electron chi connectivity index (χ2n) is 8.29. The number of nitrogens with two attached hydrogens (primary N) is 2. The highest BCUT2D eigenvalue weighted by Crippen LogP contribution is 2.30. The van der Waals surface area contributed by atoms with Gasteiger partial charge in [0.15, 0.2) is 0 Å². The quantitative estimate of drug-likeness (QED) is 0.184. The number of aromatic nitrogens is 4. The van der Waals surface area contributed by atoms with E-state index in [2.05, 4.69) is 10.4 Å². The van der Waals surface area contributed by atoms with Crippen molar-refractivity contribution in [3.8, 4) is 11.7 Å². The average molecular weight is 497 g/mol. The predicted octanol–water partition coefficient (Wildman–Crippen LogP) is 0.697. The zero-order valence-electron chi connectivity index (χ0n) is 19.7. The third-order valence-corrected chi connectivity index (χ3v) is 5.83. The molecule has 3 aromatic carbocycles. The number of para-hydroxylation sites is 1. The van der Waals surface area contributed by atoms with E-state index in [1.54, 1.807) is 48.7 Å². The van der Waals surface area contributed by atoms with Crippen LogP contribution in [0, 0.1) is 0 Å². The molecule has 2 heterocycles. The maximum atomic E-state index is 11.9. The fourth-order valence-corrected chi connectivity index (χ4v) is 4.10. The molecule has 0 bridgehead atoms. The van der Waals surface area contributed by atoms with E-state index in [4.69, 9.17) is 26.2 Å². The lowest BCUT2D eigenvalue weighted by Gasteiger charge is -2.14. The molecule has 11 nitrogen and oxygen atoms in total. The minimum Gasteiger partial charge on any atom is -0.490 e. The maximum Gasteiger partial charge on any atom is 0.488 e. The largest absolute Gasteiger partial charge is 0.490 e. The first kappa shape index (κ1) is 24.2. The van der Waals surface area contributed by atoms with E-state index in [9.17, 15) is 14.8 Å². The van der Waals surface area contributed by atoms with Crippen LogP contribution in [0.15, 0.2) is 66.9 Å². The van der Waals surface area contributed by atoms with Gasteiger partial charge < -0.3 is 31.6 Å². The molecule has 0 aliphatic heterocycles. The van der Waals surface area contributed by atoms with Crippen LogP contribution in [-0.4, -0.2) is 56.0 Å². The number of hydrogen-bond donors (Lipinski definition) is 5. The Labute approximate surface area is 211 Å². The molecule has 0 atom stereocenters. The van der Waals surface area contributed by atoms with E-state index >= 15 is 0 Å². The molecule has 7 N–H and O–H groups in total. The van der Waals surface area contributed by atoms with E-state index in [0.717, 1.165) is 5.56 Å². The molecule has 2 aromatic heterocycles. The first-order chi connectivity index (χ1) is 18.0. The van der Waals surface area contributed by atoms with Crippen LogP contribution in [0.25, 0.3) is 27.8 Å². The fourth-order valence-electron chi connectivity index (χ4n) is 4.10. The summed E-state index contributed by atoms with van der Waals surface area (Å²) < 4.78 is 7.39. The van der Waals surface area contributed by atoms with Crippen molar-refractivity contribution in [3.05, 3.63) is 78.0 Å². The van der Waals surface area contributed by atoms with Gasteiger partial charge in [-0.3, -0.25) is 4.79 Å². The Balaban J connectivity index is 1.63. The fraction of sp³-hybridized carbons (Fsp3) is 0.120. The van der Waals surface area contributed by atoms with Crippen LogP contribution in [0.2, 0.25) is 0 Å². The van der Waals surface area contributed by atoms with E-state index in [0.29, 0.717) is 64.1 Å². The van der Waals surface area contributed by atoms with Gasteiger partial charge in [0.1, 0.15) is 23.7 Å². The highest BCUT2D eigenvalue weighted by Gasteiger charge is 2.18. The SMILES string of the molecule is NCCOc1cccc2c(NCc3cccc(B(O)O)c3)nc(-n3ncc4c(C(N)=O)cccc43)nc12. The number of nitrogens with one attached hydrogen (secondary N) is 1. The standard InChI is InChI=1S/C25H24BN7O4/c27-10-11-37-21-9-3-7-18-22(21)31-25(33-20-8-2-6-17(23(28)34)19(20)14-30-33)32-24(18)29-13-15-4-1-5-16(12-15)26(35)36/h1-9,12,14,35-36H,10-11,13,27H2,(H2,28,34)(H,29,31,32). The van der Waals surface area contributed by atoms with Gasteiger partial charge in [0.05, 0.1) is 17.3 Å². The van der Waals surface area contributed by atoms with Crippen molar-refractivity contribution < 1.29 is 19.6 Å². The van der Waals surface area contributed by atoms with E-state index < -0.39 is 13.0 Å². The number of amides is 1. The number of fused-ring (bicyclic) bond motifs is 2. The van der Waals surface area contributed by atoms with Crippen molar-refractivity contribution in [1.82, 2.24) is 19.7 Å². The van der Waals surface area contributed by atoms with Crippen LogP contribution in [0.4, 0.5) is 5.82 Å². The second kappa shape index (κ2) is 10.2. The minimum absolute atomic E-state index is 0.259. The van der Waals surface area contributed by atoms with Gasteiger partial charge in [-0.05, 0) is 35.3 Å². The molecule has 1 amide bonds. The zero-order valence-corrected chi connectivity index (χ0v) is 19.7. The van der Waals surface area contributed by atoms with Gasteiger partial charge >= 0.3 is 7.12 Å². The molecule has 0 aliphatic rings. The Hall–Kier alpha value is -4.52. The third-order valence-electron chi connectivity index (χ3n) is 5.83. The summed E-state index contributed by atoms with van der Waals surface area (Å²) in [6.07, 6.45) is 1.55. The van der Waals surface area contributed by atoms with Gasteiger partial charge in [-0.25, -0.2) is 4.98 Å². The molecular weight excluding hydrogens is 473 g/mol. The first-order valence-corrected chi connectivity index (χ1v) is 11.6. The van der Waals surface area contributed by atoms with Crippen molar-refractivity contribution >= 4 is 46.1 Å². The molecule has 12 heteroatoms. The summed E-state index contributed by atoms with van der Waals surface area (Å²) in [7, 11) is -1.56. The first-order valence-electron chi connectivity index (χ1n) is 11.6. The summed E-state index contributed by atoms with van der Waals surface area (Å²) in [5.41, 5.74) is 13.9. The van der Waals surface area contributed by atoms with Crippen molar-refractivity contribution in [3.63, 3.8) is 0 Å². The molecule has 5 aromatic rings. The summed E-state index contributed by atoms with van der Waals surface area (Å²) in [6.45, 7) is 1.00. The summed E-state index contributed by atoms with van der Waals surface area (Å²) in [6, 6.07) is 17.6. The number of anilines is 1. The van der Waals surface area contributed by atoms with Gasteiger partial charge in [0.2, 0.25) is 5.91 Å². The Kier molecular flexibility index (Phi) is 6.69. The smallest absolute Gasteiger partial charge is 0.488 e. The number of rotatable bonds is 9. The van der Waals surface area contributed by atoms with Gasteiger partial charge in [0.25, 0.3) is 5.95 Å². The molecule has 0 saturated heterocycles. The Morgan fingerprint density at radius 2 is 1.86 bits per heavy atom. The molecule has 0 saturated carbocycles. The number of hydrogen-bond acceptors (Lipinski definition) is 9. The second-order valence-corrected chi connectivity index (χ2v) is 8.29. The molecule has 0 radical (unpaired) electrons. The molecule has 186 valence electrons. The molecule has 0 unspecified atom stereocenters. The Bertz CT molecular complexity index is 1610. The van der Waals surface area contributed by atoms with Gasteiger partial charge in [-0.15, -0.1) is 0 Å². The third kappa shape index (κ3) is 4.80. The van der Waals surface area contributed by atoms with E-state index in [-0.39, 0.29) is 5.95 Å².